The molecule has 2 aliphatic rings. The van der Waals surface area contributed by atoms with Crippen LogP contribution in [0.5, 0.6) is 0 Å². The van der Waals surface area contributed by atoms with Crippen LogP contribution in [0.1, 0.15) is 43.2 Å². The molecule has 0 N–H and O–H groups in total. The first kappa shape index (κ1) is 19.5. The summed E-state index contributed by atoms with van der Waals surface area (Å²) < 4.78 is 16.3. The fourth-order valence-electron chi connectivity index (χ4n) is 4.45. The van der Waals surface area contributed by atoms with Crippen LogP contribution < -0.4 is 4.90 Å². The van der Waals surface area contributed by atoms with Crippen molar-refractivity contribution in [2.75, 3.05) is 18.0 Å². The monoisotopic (exact) mass is 449 g/mol. The zero-order valence-corrected chi connectivity index (χ0v) is 18.1. The molecule has 6 rings (SSSR count). The molecule has 0 atom stereocenters. The van der Waals surface area contributed by atoms with Gasteiger partial charge in [-0.05, 0) is 49.3 Å². The lowest BCUT2D eigenvalue weighted by molar-refractivity contribution is 0.373. The van der Waals surface area contributed by atoms with Crippen molar-refractivity contribution < 1.29 is 4.39 Å². The van der Waals surface area contributed by atoms with Crippen LogP contribution in [0.2, 0.25) is 5.15 Å². The molecule has 0 radical (unpaired) electrons. The third-order valence-corrected chi connectivity index (χ3v) is 6.68. The minimum atomic E-state index is -0.441. The van der Waals surface area contributed by atoms with Gasteiger partial charge in [0, 0.05) is 37.1 Å². The number of halogens is 2. The van der Waals surface area contributed by atoms with Crippen molar-refractivity contribution >= 4 is 28.5 Å². The normalized spacial score (nSPS) is 17.2. The topological polar surface area (TPSA) is 72.6 Å². The van der Waals surface area contributed by atoms with E-state index in [4.69, 9.17) is 11.6 Å². The van der Waals surface area contributed by atoms with Gasteiger partial charge in [0.2, 0.25) is 5.95 Å². The molecule has 162 valence electrons. The van der Waals surface area contributed by atoms with Crippen LogP contribution in [-0.4, -0.2) is 42.8 Å². The molecule has 32 heavy (non-hydrogen) atoms. The van der Waals surface area contributed by atoms with Gasteiger partial charge in [-0.2, -0.15) is 5.10 Å². The average molecular weight is 450 g/mol. The highest BCUT2D eigenvalue weighted by molar-refractivity contribution is 6.32. The van der Waals surface area contributed by atoms with Gasteiger partial charge < -0.3 is 4.90 Å². The molecule has 1 saturated carbocycles. The highest BCUT2D eigenvalue weighted by Crippen LogP contribution is 2.39. The molecule has 2 fully saturated rings. The van der Waals surface area contributed by atoms with Crippen LogP contribution in [0.25, 0.3) is 22.2 Å². The first-order valence-corrected chi connectivity index (χ1v) is 11.3. The smallest absolute Gasteiger partial charge is 0.225 e. The molecule has 0 amide bonds. The first-order valence-electron chi connectivity index (χ1n) is 10.9. The molecule has 0 bridgehead atoms. The Morgan fingerprint density at radius 3 is 2.44 bits per heavy atom. The van der Waals surface area contributed by atoms with Gasteiger partial charge in [0.1, 0.15) is 11.0 Å². The average Bonchev–Trinajstić information content (AvgIpc) is 3.59. The highest BCUT2D eigenvalue weighted by atomic mass is 35.5. The number of fused-ring (bicyclic) bond motifs is 1. The Balaban J connectivity index is 1.20. The van der Waals surface area contributed by atoms with E-state index in [1.54, 1.807) is 12.4 Å². The van der Waals surface area contributed by atoms with Gasteiger partial charge in [-0.15, -0.1) is 0 Å². The van der Waals surface area contributed by atoms with Crippen molar-refractivity contribution in [1.29, 1.82) is 0 Å². The van der Waals surface area contributed by atoms with Crippen molar-refractivity contribution in [1.82, 2.24) is 29.7 Å². The summed E-state index contributed by atoms with van der Waals surface area (Å²) in [6.07, 6.45) is 13.2. The first-order chi connectivity index (χ1) is 15.7. The van der Waals surface area contributed by atoms with E-state index in [0.717, 1.165) is 42.8 Å². The maximum Gasteiger partial charge on any atom is 0.225 e. The minimum Gasteiger partial charge on any atom is -0.341 e. The van der Waals surface area contributed by atoms with E-state index in [0.29, 0.717) is 11.6 Å². The number of pyridine rings is 2. The van der Waals surface area contributed by atoms with Crippen LogP contribution >= 0.6 is 11.6 Å². The lowest BCUT2D eigenvalue weighted by Gasteiger charge is -2.32. The van der Waals surface area contributed by atoms with E-state index in [9.17, 15) is 4.39 Å². The Labute approximate surface area is 189 Å². The molecule has 0 unspecified atom stereocenters. The van der Waals surface area contributed by atoms with E-state index < -0.39 is 5.82 Å². The molecule has 1 saturated heterocycles. The lowest BCUT2D eigenvalue weighted by Crippen LogP contribution is -2.36. The molecule has 4 aromatic rings. The zero-order chi connectivity index (χ0) is 21.7. The number of piperidine rings is 1. The minimum absolute atomic E-state index is 0.101. The SMILES string of the molecule is Fc1ccnc(Cl)c1-c1cc2cnn(C3CCN(c4ncc(C5CC5)cn4)CC3)c2cn1. The van der Waals surface area contributed by atoms with E-state index in [2.05, 4.69) is 29.9 Å². The number of anilines is 1. The predicted octanol–water partition coefficient (Wildman–Crippen LogP) is 4.79. The summed E-state index contributed by atoms with van der Waals surface area (Å²) in [5.41, 5.74) is 2.85. The number of rotatable bonds is 4. The Kier molecular flexibility index (Phi) is 4.75. The predicted molar refractivity (Wildman–Crippen MR) is 120 cm³/mol. The summed E-state index contributed by atoms with van der Waals surface area (Å²) in [4.78, 5) is 19.9. The van der Waals surface area contributed by atoms with Crippen LogP contribution in [-0.2, 0) is 0 Å². The summed E-state index contributed by atoms with van der Waals surface area (Å²) in [7, 11) is 0. The van der Waals surface area contributed by atoms with E-state index in [-0.39, 0.29) is 16.8 Å². The fraction of sp³-hybridized carbons (Fsp3) is 0.348. The largest absolute Gasteiger partial charge is 0.341 e. The summed E-state index contributed by atoms with van der Waals surface area (Å²) in [5, 5.41) is 5.62. The standard InChI is InChI=1S/C23H21ClFN7/c24-22-21(18(25)3-6-26-22)19-9-15-12-30-32(20(15)13-27-19)17-4-7-31(8-5-17)23-28-10-16(11-29-23)14-1-2-14/h3,6,9-14,17H,1-2,4-5,7-8H2. The van der Waals surface area contributed by atoms with Crippen molar-refractivity contribution in [3.8, 4) is 11.3 Å². The van der Waals surface area contributed by atoms with Crippen molar-refractivity contribution in [3.05, 3.63) is 59.7 Å². The highest BCUT2D eigenvalue weighted by Gasteiger charge is 2.26. The zero-order valence-electron chi connectivity index (χ0n) is 17.3. The van der Waals surface area contributed by atoms with Crippen LogP contribution in [0.4, 0.5) is 10.3 Å². The quantitative estimate of drug-likeness (QED) is 0.417. The van der Waals surface area contributed by atoms with Gasteiger partial charge in [0.25, 0.3) is 0 Å². The van der Waals surface area contributed by atoms with Gasteiger partial charge in [0.05, 0.1) is 35.2 Å². The number of hydrogen-bond acceptors (Lipinski definition) is 6. The second-order valence-electron chi connectivity index (χ2n) is 8.48. The Morgan fingerprint density at radius 2 is 1.72 bits per heavy atom. The van der Waals surface area contributed by atoms with E-state index >= 15 is 0 Å². The molecular weight excluding hydrogens is 429 g/mol. The van der Waals surface area contributed by atoms with Gasteiger partial charge >= 0.3 is 0 Å². The molecule has 1 aliphatic carbocycles. The molecular formula is C23H21ClFN7. The Morgan fingerprint density at radius 1 is 0.938 bits per heavy atom. The lowest BCUT2D eigenvalue weighted by atomic mass is 10.1. The summed E-state index contributed by atoms with van der Waals surface area (Å²) in [5.74, 6) is 1.03. The molecule has 9 heteroatoms. The van der Waals surface area contributed by atoms with Gasteiger partial charge in [-0.25, -0.2) is 19.3 Å². The third kappa shape index (κ3) is 3.48. The van der Waals surface area contributed by atoms with E-state index in [1.807, 2.05) is 23.1 Å². The van der Waals surface area contributed by atoms with Crippen molar-refractivity contribution in [3.63, 3.8) is 0 Å². The third-order valence-electron chi connectivity index (χ3n) is 6.39. The maximum atomic E-state index is 14.3. The van der Waals surface area contributed by atoms with Gasteiger partial charge in [0.15, 0.2) is 0 Å². The van der Waals surface area contributed by atoms with Gasteiger partial charge in [-0.3, -0.25) is 9.67 Å². The molecule has 5 heterocycles. The van der Waals surface area contributed by atoms with Crippen molar-refractivity contribution in [2.24, 2.45) is 0 Å². The molecule has 0 aromatic carbocycles. The molecule has 1 aliphatic heterocycles. The van der Waals surface area contributed by atoms with Crippen molar-refractivity contribution in [2.45, 2.75) is 37.6 Å². The summed E-state index contributed by atoms with van der Waals surface area (Å²) in [6.45, 7) is 1.74. The summed E-state index contributed by atoms with van der Waals surface area (Å²) in [6, 6.07) is 3.36. The Hall–Kier alpha value is -3.13. The molecule has 0 spiro atoms. The van der Waals surface area contributed by atoms with E-state index in [1.165, 1.54) is 30.7 Å². The van der Waals surface area contributed by atoms with Crippen LogP contribution in [0.15, 0.2) is 43.1 Å². The molecule has 4 aromatic heterocycles. The van der Waals surface area contributed by atoms with Crippen LogP contribution in [0.3, 0.4) is 0 Å². The maximum absolute atomic E-state index is 14.3. The number of aromatic nitrogens is 6. The molecule has 7 nitrogen and oxygen atoms in total. The Bertz CT molecular complexity index is 1260. The number of nitrogens with zero attached hydrogens (tertiary/aromatic N) is 7. The summed E-state index contributed by atoms with van der Waals surface area (Å²) >= 11 is 6.11. The number of hydrogen-bond donors (Lipinski definition) is 0. The van der Waals surface area contributed by atoms with Crippen LogP contribution in [0, 0.1) is 5.82 Å². The fourth-order valence-corrected chi connectivity index (χ4v) is 4.69. The second kappa shape index (κ2) is 7.78. The van der Waals surface area contributed by atoms with Gasteiger partial charge in [-0.1, -0.05) is 11.6 Å². The second-order valence-corrected chi connectivity index (χ2v) is 8.84.